The van der Waals surface area contributed by atoms with E-state index in [2.05, 4.69) is 53.2 Å². The largest absolute Gasteiger partial charge is 0.379 e. The van der Waals surface area contributed by atoms with Gasteiger partial charge in [-0.3, -0.25) is 9.89 Å². The minimum Gasteiger partial charge on any atom is -0.379 e. The fourth-order valence-electron chi connectivity index (χ4n) is 3.02. The van der Waals surface area contributed by atoms with Crippen LogP contribution in [0.1, 0.15) is 33.6 Å². The zero-order valence-electron chi connectivity index (χ0n) is 16.5. The molecule has 0 amide bonds. The average Bonchev–Trinajstić information content (AvgIpc) is 2.59. The van der Waals surface area contributed by atoms with Crippen LogP contribution in [0.3, 0.4) is 0 Å². The molecule has 0 aliphatic carbocycles. The number of aliphatic imine (C=N–C) groups is 1. The quantitative estimate of drug-likeness (QED) is 0.462. The van der Waals surface area contributed by atoms with Gasteiger partial charge in [0.2, 0.25) is 0 Å². The fourth-order valence-corrected chi connectivity index (χ4v) is 3.02. The fraction of sp³-hybridized carbons (Fsp3) is 0.944. The number of nitrogens with zero attached hydrogens (tertiary/aromatic N) is 3. The van der Waals surface area contributed by atoms with E-state index in [4.69, 9.17) is 4.74 Å². The van der Waals surface area contributed by atoms with Gasteiger partial charge >= 0.3 is 0 Å². The number of guanidine groups is 1. The van der Waals surface area contributed by atoms with Gasteiger partial charge in [0.25, 0.3) is 0 Å². The van der Waals surface area contributed by atoms with Crippen molar-refractivity contribution in [3.63, 3.8) is 0 Å². The molecule has 2 N–H and O–H groups in total. The highest BCUT2D eigenvalue weighted by Crippen LogP contribution is 2.12. The summed E-state index contributed by atoms with van der Waals surface area (Å²) in [5.41, 5.74) is 0. The highest BCUT2D eigenvalue weighted by Gasteiger charge is 2.23. The van der Waals surface area contributed by atoms with E-state index < -0.39 is 0 Å². The highest BCUT2D eigenvalue weighted by molar-refractivity contribution is 5.79. The van der Waals surface area contributed by atoms with Crippen molar-refractivity contribution in [3.05, 3.63) is 0 Å². The molecule has 1 aliphatic heterocycles. The van der Waals surface area contributed by atoms with Crippen molar-refractivity contribution >= 4 is 5.96 Å². The van der Waals surface area contributed by atoms with E-state index in [1.807, 2.05) is 7.05 Å². The first-order valence-electron chi connectivity index (χ1n) is 9.53. The summed E-state index contributed by atoms with van der Waals surface area (Å²) in [6.07, 6.45) is 2.51. The maximum absolute atomic E-state index is 5.48. The molecule has 0 radical (unpaired) electrons. The third kappa shape index (κ3) is 8.31. The number of morpholine rings is 1. The second-order valence-electron chi connectivity index (χ2n) is 7.00. The summed E-state index contributed by atoms with van der Waals surface area (Å²) in [4.78, 5) is 9.26. The van der Waals surface area contributed by atoms with Gasteiger partial charge in [0.15, 0.2) is 5.96 Å². The zero-order chi connectivity index (χ0) is 17.8. The Kier molecular flexibility index (Phi) is 11.0. The van der Waals surface area contributed by atoms with Gasteiger partial charge in [-0.1, -0.05) is 27.2 Å². The molecule has 1 heterocycles. The maximum Gasteiger partial charge on any atom is 0.191 e. The van der Waals surface area contributed by atoms with Crippen LogP contribution >= 0.6 is 0 Å². The molecule has 1 rings (SSSR count). The first kappa shape index (κ1) is 21.2. The number of hydrogen-bond acceptors (Lipinski definition) is 4. The topological polar surface area (TPSA) is 52.1 Å². The molecule has 0 spiro atoms. The molecular weight excluding hydrogens is 302 g/mol. The summed E-state index contributed by atoms with van der Waals surface area (Å²) in [6.45, 7) is 14.6. The Balaban J connectivity index is 2.32. The van der Waals surface area contributed by atoms with Crippen molar-refractivity contribution in [2.45, 2.75) is 39.7 Å². The van der Waals surface area contributed by atoms with Crippen LogP contribution in [0.25, 0.3) is 0 Å². The van der Waals surface area contributed by atoms with E-state index in [1.165, 1.54) is 12.8 Å². The lowest BCUT2D eigenvalue weighted by Crippen LogP contribution is -2.53. The van der Waals surface area contributed by atoms with Gasteiger partial charge in [-0.05, 0) is 25.9 Å². The number of nitrogens with one attached hydrogen (secondary N) is 2. The van der Waals surface area contributed by atoms with Gasteiger partial charge in [0.1, 0.15) is 0 Å². The Hall–Kier alpha value is -0.850. The minimum absolute atomic E-state index is 0.514. The van der Waals surface area contributed by atoms with Crippen LogP contribution < -0.4 is 10.6 Å². The summed E-state index contributed by atoms with van der Waals surface area (Å²) in [6, 6.07) is 0.514. The van der Waals surface area contributed by atoms with Gasteiger partial charge in [0.05, 0.1) is 13.2 Å². The van der Waals surface area contributed by atoms with Crippen LogP contribution in [0, 0.1) is 5.92 Å². The number of rotatable bonds is 10. The van der Waals surface area contributed by atoms with E-state index in [1.54, 1.807) is 0 Å². The first-order chi connectivity index (χ1) is 11.6. The molecule has 1 aliphatic rings. The SMILES string of the molecule is CCCCN(C)CCNC(=NC)NCC(C(C)C)N1CCOCC1. The van der Waals surface area contributed by atoms with Gasteiger partial charge in [-0.15, -0.1) is 0 Å². The summed E-state index contributed by atoms with van der Waals surface area (Å²) in [5.74, 6) is 1.51. The normalized spacial score (nSPS) is 18.2. The van der Waals surface area contributed by atoms with Crippen LogP contribution in [0.4, 0.5) is 0 Å². The summed E-state index contributed by atoms with van der Waals surface area (Å²) < 4.78 is 5.48. The Labute approximate surface area is 149 Å². The lowest BCUT2D eigenvalue weighted by Gasteiger charge is -2.37. The van der Waals surface area contributed by atoms with Crippen molar-refractivity contribution in [1.82, 2.24) is 20.4 Å². The molecule has 1 unspecified atom stereocenters. The molecule has 6 nitrogen and oxygen atoms in total. The molecule has 0 aromatic carbocycles. The highest BCUT2D eigenvalue weighted by atomic mass is 16.5. The van der Waals surface area contributed by atoms with Crippen LogP contribution in [0.2, 0.25) is 0 Å². The van der Waals surface area contributed by atoms with E-state index in [9.17, 15) is 0 Å². The van der Waals surface area contributed by atoms with Gasteiger partial charge in [0, 0.05) is 45.8 Å². The molecule has 6 heteroatoms. The van der Waals surface area contributed by atoms with E-state index in [0.717, 1.165) is 58.4 Å². The molecular formula is C18H39N5O. The van der Waals surface area contributed by atoms with Crippen LogP contribution in [-0.4, -0.2) is 88.4 Å². The summed E-state index contributed by atoms with van der Waals surface area (Å²) in [7, 11) is 4.02. The Morgan fingerprint density at radius 2 is 1.92 bits per heavy atom. The molecule has 1 atom stereocenters. The third-order valence-electron chi connectivity index (χ3n) is 4.67. The predicted molar refractivity (Wildman–Crippen MR) is 103 cm³/mol. The zero-order valence-corrected chi connectivity index (χ0v) is 16.5. The average molecular weight is 342 g/mol. The minimum atomic E-state index is 0.514. The Morgan fingerprint density at radius 1 is 1.21 bits per heavy atom. The number of likely N-dealkylation sites (N-methyl/N-ethyl adjacent to an activating group) is 1. The van der Waals surface area contributed by atoms with E-state index in [-0.39, 0.29) is 0 Å². The van der Waals surface area contributed by atoms with Crippen molar-refractivity contribution < 1.29 is 4.74 Å². The van der Waals surface area contributed by atoms with Gasteiger partial charge in [-0.25, -0.2) is 0 Å². The second-order valence-corrected chi connectivity index (χ2v) is 7.00. The van der Waals surface area contributed by atoms with Gasteiger partial charge in [-0.2, -0.15) is 0 Å². The number of unbranched alkanes of at least 4 members (excludes halogenated alkanes) is 1. The first-order valence-corrected chi connectivity index (χ1v) is 9.53. The van der Waals surface area contributed by atoms with Crippen molar-refractivity contribution in [1.29, 1.82) is 0 Å². The van der Waals surface area contributed by atoms with Crippen molar-refractivity contribution in [3.8, 4) is 0 Å². The molecule has 0 bridgehead atoms. The van der Waals surface area contributed by atoms with Crippen molar-refractivity contribution in [2.75, 3.05) is 66.6 Å². The van der Waals surface area contributed by atoms with Crippen molar-refractivity contribution in [2.24, 2.45) is 10.9 Å². The van der Waals surface area contributed by atoms with Crippen LogP contribution in [0.15, 0.2) is 4.99 Å². The smallest absolute Gasteiger partial charge is 0.191 e. The second kappa shape index (κ2) is 12.5. The number of ether oxygens (including phenoxy) is 1. The Bertz CT molecular complexity index is 342. The molecule has 142 valence electrons. The van der Waals surface area contributed by atoms with Gasteiger partial charge < -0.3 is 20.3 Å². The Morgan fingerprint density at radius 3 is 2.50 bits per heavy atom. The van der Waals surface area contributed by atoms with Crippen LogP contribution in [-0.2, 0) is 4.74 Å². The maximum atomic E-state index is 5.48. The summed E-state index contributed by atoms with van der Waals surface area (Å²) >= 11 is 0. The third-order valence-corrected chi connectivity index (χ3v) is 4.67. The molecule has 0 saturated carbocycles. The van der Waals surface area contributed by atoms with E-state index in [0.29, 0.717) is 12.0 Å². The molecule has 24 heavy (non-hydrogen) atoms. The molecule has 1 saturated heterocycles. The standard InChI is InChI=1S/C18H39N5O/c1-6-7-9-22(5)10-8-20-18(19-4)21-15-17(16(2)3)23-11-13-24-14-12-23/h16-17H,6-15H2,1-5H3,(H2,19,20,21). The predicted octanol–water partition coefficient (Wildman–Crippen LogP) is 1.24. The molecule has 0 aromatic rings. The van der Waals surface area contributed by atoms with Crippen LogP contribution in [0.5, 0.6) is 0 Å². The number of hydrogen-bond donors (Lipinski definition) is 2. The lowest BCUT2D eigenvalue weighted by atomic mass is 10.0. The lowest BCUT2D eigenvalue weighted by molar-refractivity contribution is 0.00752. The summed E-state index contributed by atoms with van der Waals surface area (Å²) in [5, 5.41) is 6.93. The monoisotopic (exact) mass is 341 g/mol. The molecule has 0 aromatic heterocycles. The molecule has 1 fully saturated rings. The van der Waals surface area contributed by atoms with E-state index >= 15 is 0 Å².